The predicted octanol–water partition coefficient (Wildman–Crippen LogP) is 2.57. The summed E-state index contributed by atoms with van der Waals surface area (Å²) >= 11 is 0. The fraction of sp³-hybridized carbons (Fsp3) is 0.438. The van der Waals surface area contributed by atoms with Gasteiger partial charge < -0.3 is 10.6 Å². The van der Waals surface area contributed by atoms with Crippen LogP contribution in [0.5, 0.6) is 0 Å². The maximum absolute atomic E-state index is 13.7. The van der Waals surface area contributed by atoms with Crippen LogP contribution in [-0.2, 0) is 4.79 Å². The highest BCUT2D eigenvalue weighted by Crippen LogP contribution is 2.20. The standard InChI is InChI=1S/C16H21FN2O/c1-11(14-5-3-4-6-15(14)17)9-16(20)19-8-7-13(18)10-12(19)2/h3-6,9,12-13H,7-8,10,18H2,1-2H3. The predicted molar refractivity (Wildman–Crippen MR) is 78.4 cm³/mol. The lowest BCUT2D eigenvalue weighted by atomic mass is 9.98. The molecule has 2 atom stereocenters. The molecule has 1 fully saturated rings. The number of allylic oxidation sites excluding steroid dienone is 1. The van der Waals surface area contributed by atoms with Gasteiger partial charge in [0.25, 0.3) is 0 Å². The van der Waals surface area contributed by atoms with Crippen molar-refractivity contribution in [2.24, 2.45) is 5.73 Å². The third-order valence-electron chi connectivity index (χ3n) is 3.84. The average molecular weight is 276 g/mol. The summed E-state index contributed by atoms with van der Waals surface area (Å²) in [5.74, 6) is -0.368. The molecule has 1 aromatic rings. The van der Waals surface area contributed by atoms with Crippen molar-refractivity contribution in [2.45, 2.75) is 38.8 Å². The first-order valence-corrected chi connectivity index (χ1v) is 6.98. The second kappa shape index (κ2) is 6.18. The summed E-state index contributed by atoms with van der Waals surface area (Å²) in [6.45, 7) is 4.43. The van der Waals surface area contributed by atoms with Crippen LogP contribution in [0.3, 0.4) is 0 Å². The number of rotatable bonds is 2. The highest BCUT2D eigenvalue weighted by molar-refractivity contribution is 5.95. The second-order valence-corrected chi connectivity index (χ2v) is 5.47. The molecule has 1 aromatic carbocycles. The van der Waals surface area contributed by atoms with E-state index in [-0.39, 0.29) is 23.8 Å². The van der Waals surface area contributed by atoms with Gasteiger partial charge >= 0.3 is 0 Å². The molecular weight excluding hydrogens is 255 g/mol. The van der Waals surface area contributed by atoms with Crippen LogP contribution >= 0.6 is 0 Å². The van der Waals surface area contributed by atoms with E-state index >= 15 is 0 Å². The molecule has 2 unspecified atom stereocenters. The Morgan fingerprint density at radius 3 is 2.80 bits per heavy atom. The zero-order valence-corrected chi connectivity index (χ0v) is 12.0. The quantitative estimate of drug-likeness (QED) is 0.844. The molecule has 4 heteroatoms. The first-order chi connectivity index (χ1) is 9.49. The molecule has 0 radical (unpaired) electrons. The number of hydrogen-bond donors (Lipinski definition) is 1. The first-order valence-electron chi connectivity index (χ1n) is 6.98. The van der Waals surface area contributed by atoms with Gasteiger partial charge in [-0.15, -0.1) is 0 Å². The average Bonchev–Trinajstić information content (AvgIpc) is 2.38. The largest absolute Gasteiger partial charge is 0.336 e. The molecule has 108 valence electrons. The topological polar surface area (TPSA) is 46.3 Å². The highest BCUT2D eigenvalue weighted by atomic mass is 19.1. The van der Waals surface area contributed by atoms with Crippen LogP contribution in [0.25, 0.3) is 5.57 Å². The highest BCUT2D eigenvalue weighted by Gasteiger charge is 2.26. The molecule has 1 heterocycles. The molecular formula is C16H21FN2O. The number of halogens is 1. The van der Waals surface area contributed by atoms with Gasteiger partial charge in [0.2, 0.25) is 5.91 Å². The Morgan fingerprint density at radius 2 is 2.15 bits per heavy atom. The normalized spacial score (nSPS) is 23.8. The van der Waals surface area contributed by atoms with Crippen LogP contribution in [-0.4, -0.2) is 29.4 Å². The van der Waals surface area contributed by atoms with E-state index in [4.69, 9.17) is 5.73 Å². The number of carbonyl (C=O) groups excluding carboxylic acids is 1. The fourth-order valence-electron chi connectivity index (χ4n) is 2.66. The van der Waals surface area contributed by atoms with Gasteiger partial charge in [0.05, 0.1) is 0 Å². The van der Waals surface area contributed by atoms with Crippen molar-refractivity contribution in [3.8, 4) is 0 Å². The van der Waals surface area contributed by atoms with Crippen LogP contribution in [0.15, 0.2) is 30.3 Å². The van der Waals surface area contributed by atoms with Gasteiger partial charge in [0.15, 0.2) is 0 Å². The van der Waals surface area contributed by atoms with Crippen molar-refractivity contribution in [2.75, 3.05) is 6.54 Å². The second-order valence-electron chi connectivity index (χ2n) is 5.47. The van der Waals surface area contributed by atoms with E-state index in [1.165, 1.54) is 12.1 Å². The van der Waals surface area contributed by atoms with E-state index in [0.717, 1.165) is 12.8 Å². The van der Waals surface area contributed by atoms with Crippen LogP contribution in [0.4, 0.5) is 4.39 Å². The van der Waals surface area contributed by atoms with Gasteiger partial charge in [0.1, 0.15) is 5.82 Å². The van der Waals surface area contributed by atoms with Crippen molar-refractivity contribution < 1.29 is 9.18 Å². The number of benzene rings is 1. The summed E-state index contributed by atoms with van der Waals surface area (Å²) in [6.07, 6.45) is 3.16. The lowest BCUT2D eigenvalue weighted by Crippen LogP contribution is -2.47. The Hall–Kier alpha value is -1.68. The molecule has 0 aromatic heterocycles. The molecule has 1 aliphatic heterocycles. The van der Waals surface area contributed by atoms with Crippen molar-refractivity contribution in [1.82, 2.24) is 4.90 Å². The van der Waals surface area contributed by atoms with Crippen LogP contribution < -0.4 is 5.73 Å². The van der Waals surface area contributed by atoms with Gasteiger partial charge in [-0.2, -0.15) is 0 Å². The summed E-state index contributed by atoms with van der Waals surface area (Å²) in [6, 6.07) is 6.80. The van der Waals surface area contributed by atoms with Crippen LogP contribution in [0, 0.1) is 5.82 Å². The molecule has 2 rings (SSSR count). The molecule has 0 bridgehead atoms. The van der Waals surface area contributed by atoms with E-state index in [9.17, 15) is 9.18 Å². The van der Waals surface area contributed by atoms with Gasteiger partial charge in [-0.25, -0.2) is 4.39 Å². The molecule has 2 N–H and O–H groups in total. The smallest absolute Gasteiger partial charge is 0.247 e. The maximum atomic E-state index is 13.7. The third-order valence-corrected chi connectivity index (χ3v) is 3.84. The third kappa shape index (κ3) is 3.25. The number of nitrogens with two attached hydrogens (primary N) is 1. The minimum atomic E-state index is -0.303. The van der Waals surface area contributed by atoms with Gasteiger partial charge in [-0.3, -0.25) is 4.79 Å². The number of amides is 1. The Bertz CT molecular complexity index is 527. The zero-order chi connectivity index (χ0) is 14.7. The summed E-state index contributed by atoms with van der Waals surface area (Å²) in [5, 5.41) is 0. The van der Waals surface area contributed by atoms with Crippen LogP contribution in [0.2, 0.25) is 0 Å². The summed E-state index contributed by atoms with van der Waals surface area (Å²) < 4.78 is 13.7. The Labute approximate surface area is 119 Å². The van der Waals surface area contributed by atoms with Crippen LogP contribution in [0.1, 0.15) is 32.3 Å². The lowest BCUT2D eigenvalue weighted by Gasteiger charge is -2.35. The fourth-order valence-corrected chi connectivity index (χ4v) is 2.66. The molecule has 3 nitrogen and oxygen atoms in total. The number of piperidine rings is 1. The number of likely N-dealkylation sites (tertiary alicyclic amines) is 1. The molecule has 20 heavy (non-hydrogen) atoms. The summed E-state index contributed by atoms with van der Waals surface area (Å²) in [5.41, 5.74) is 7.02. The monoisotopic (exact) mass is 276 g/mol. The van der Waals surface area contributed by atoms with E-state index < -0.39 is 0 Å². The molecule has 1 aliphatic rings. The first kappa shape index (κ1) is 14.7. The minimum absolute atomic E-state index is 0.0647. The number of carbonyl (C=O) groups is 1. The van der Waals surface area contributed by atoms with Crippen molar-refractivity contribution in [3.05, 3.63) is 41.7 Å². The Kier molecular flexibility index (Phi) is 4.55. The van der Waals surface area contributed by atoms with E-state index in [1.54, 1.807) is 25.1 Å². The van der Waals surface area contributed by atoms with E-state index in [1.807, 2.05) is 11.8 Å². The Morgan fingerprint density at radius 1 is 1.45 bits per heavy atom. The van der Waals surface area contributed by atoms with Crippen molar-refractivity contribution in [1.29, 1.82) is 0 Å². The molecule has 1 amide bonds. The molecule has 0 saturated carbocycles. The van der Waals surface area contributed by atoms with Gasteiger partial charge in [-0.1, -0.05) is 18.2 Å². The van der Waals surface area contributed by atoms with E-state index in [2.05, 4.69) is 0 Å². The van der Waals surface area contributed by atoms with Gasteiger partial charge in [0, 0.05) is 30.3 Å². The van der Waals surface area contributed by atoms with Gasteiger partial charge in [-0.05, 0) is 38.3 Å². The number of nitrogens with zero attached hydrogens (tertiary/aromatic N) is 1. The maximum Gasteiger partial charge on any atom is 0.247 e. The SMILES string of the molecule is CC(=CC(=O)N1CCC(N)CC1C)c1ccccc1F. The van der Waals surface area contributed by atoms with Crippen molar-refractivity contribution in [3.63, 3.8) is 0 Å². The Balaban J connectivity index is 2.14. The summed E-state index contributed by atoms with van der Waals surface area (Å²) in [4.78, 5) is 14.1. The lowest BCUT2D eigenvalue weighted by molar-refractivity contribution is -0.129. The molecule has 1 saturated heterocycles. The van der Waals surface area contributed by atoms with E-state index in [0.29, 0.717) is 17.7 Å². The number of hydrogen-bond acceptors (Lipinski definition) is 2. The summed E-state index contributed by atoms with van der Waals surface area (Å²) in [7, 11) is 0. The zero-order valence-electron chi connectivity index (χ0n) is 12.0. The molecule has 0 aliphatic carbocycles. The van der Waals surface area contributed by atoms with Crippen molar-refractivity contribution >= 4 is 11.5 Å². The minimum Gasteiger partial charge on any atom is -0.336 e. The molecule has 0 spiro atoms.